The molecule has 0 spiro atoms. The van der Waals surface area contributed by atoms with Gasteiger partial charge in [-0.3, -0.25) is 20.4 Å². The second-order valence-corrected chi connectivity index (χ2v) is 7.78. The van der Waals surface area contributed by atoms with Gasteiger partial charge in [0.2, 0.25) is 11.9 Å². The van der Waals surface area contributed by atoms with Crippen LogP contribution in [0.15, 0.2) is 29.1 Å². The van der Waals surface area contributed by atoms with Crippen molar-refractivity contribution in [2.24, 2.45) is 0 Å². The van der Waals surface area contributed by atoms with E-state index in [0.29, 0.717) is 29.2 Å². The fourth-order valence-corrected chi connectivity index (χ4v) is 4.73. The number of hydrogen-bond acceptors (Lipinski definition) is 6. The van der Waals surface area contributed by atoms with E-state index in [1.165, 1.54) is 9.44 Å². The molecule has 0 saturated heterocycles. The molecule has 28 heavy (non-hydrogen) atoms. The molecule has 4 rings (SSSR count). The van der Waals surface area contributed by atoms with Gasteiger partial charge in [0, 0.05) is 11.3 Å². The van der Waals surface area contributed by atoms with E-state index >= 15 is 0 Å². The van der Waals surface area contributed by atoms with Crippen LogP contribution in [-0.4, -0.2) is 22.6 Å². The molecule has 146 valence electrons. The van der Waals surface area contributed by atoms with Crippen LogP contribution >= 0.6 is 11.3 Å². The van der Waals surface area contributed by atoms with Crippen molar-refractivity contribution in [1.82, 2.24) is 15.0 Å². The molecular formula is C20H22N4O3S. The number of ether oxygens (including phenoxy) is 1. The number of nitrogens with zero attached hydrogens (tertiary/aromatic N) is 2. The first-order chi connectivity index (χ1) is 13.6. The monoisotopic (exact) mass is 398 g/mol. The highest BCUT2D eigenvalue weighted by Crippen LogP contribution is 2.34. The quantitative estimate of drug-likeness (QED) is 0.645. The minimum absolute atomic E-state index is 0.122. The van der Waals surface area contributed by atoms with Gasteiger partial charge in [-0.1, -0.05) is 6.92 Å². The number of aryl methyl sites for hydroxylation is 2. The fourth-order valence-electron chi connectivity index (χ4n) is 3.47. The number of anilines is 1. The summed E-state index contributed by atoms with van der Waals surface area (Å²) < 4.78 is 6.73. The fraction of sp³-hybridized carbons (Fsp3) is 0.350. The van der Waals surface area contributed by atoms with Gasteiger partial charge in [0.1, 0.15) is 10.6 Å². The zero-order valence-electron chi connectivity index (χ0n) is 15.9. The maximum atomic E-state index is 13.5. The van der Waals surface area contributed by atoms with Gasteiger partial charge in [-0.25, -0.2) is 9.55 Å². The average molecular weight is 398 g/mol. The minimum atomic E-state index is -0.180. The molecule has 0 fully saturated rings. The van der Waals surface area contributed by atoms with Gasteiger partial charge in [0.15, 0.2) is 0 Å². The predicted octanol–water partition coefficient (Wildman–Crippen LogP) is 3.19. The third-order valence-electron chi connectivity index (χ3n) is 4.95. The van der Waals surface area contributed by atoms with Crippen molar-refractivity contribution in [2.75, 3.05) is 12.5 Å². The highest BCUT2D eigenvalue weighted by atomic mass is 32.1. The van der Waals surface area contributed by atoms with E-state index in [9.17, 15) is 9.59 Å². The van der Waals surface area contributed by atoms with E-state index < -0.39 is 0 Å². The number of benzene rings is 1. The summed E-state index contributed by atoms with van der Waals surface area (Å²) >= 11 is 1.58. The predicted molar refractivity (Wildman–Crippen MR) is 110 cm³/mol. The lowest BCUT2D eigenvalue weighted by Gasteiger charge is -2.15. The molecule has 1 aromatic carbocycles. The van der Waals surface area contributed by atoms with Gasteiger partial charge in [0.25, 0.3) is 5.56 Å². The minimum Gasteiger partial charge on any atom is -0.497 e. The van der Waals surface area contributed by atoms with E-state index in [2.05, 4.69) is 10.9 Å². The van der Waals surface area contributed by atoms with Gasteiger partial charge in [0.05, 0.1) is 18.2 Å². The summed E-state index contributed by atoms with van der Waals surface area (Å²) in [4.78, 5) is 31.9. The van der Waals surface area contributed by atoms with Crippen molar-refractivity contribution in [1.29, 1.82) is 0 Å². The summed E-state index contributed by atoms with van der Waals surface area (Å²) in [6.07, 6.45) is 4.47. The molecule has 3 aromatic rings. The van der Waals surface area contributed by atoms with Gasteiger partial charge >= 0.3 is 0 Å². The largest absolute Gasteiger partial charge is 0.497 e. The molecule has 2 N–H and O–H groups in total. The van der Waals surface area contributed by atoms with Crippen LogP contribution in [0.2, 0.25) is 0 Å². The lowest BCUT2D eigenvalue weighted by molar-refractivity contribution is -0.120. The molecule has 1 aliphatic rings. The summed E-state index contributed by atoms with van der Waals surface area (Å²) in [5.41, 5.74) is 7.10. The Kier molecular flexibility index (Phi) is 5.04. The molecule has 0 radical (unpaired) electrons. The van der Waals surface area contributed by atoms with E-state index in [0.717, 1.165) is 36.1 Å². The number of aromatic nitrogens is 2. The van der Waals surface area contributed by atoms with Crippen LogP contribution in [0.5, 0.6) is 5.75 Å². The Morgan fingerprint density at radius 2 is 2.00 bits per heavy atom. The Hall–Kier alpha value is -2.87. The molecule has 0 unspecified atom stereocenters. The van der Waals surface area contributed by atoms with E-state index in [1.807, 2.05) is 0 Å². The van der Waals surface area contributed by atoms with Crippen molar-refractivity contribution in [3.63, 3.8) is 0 Å². The van der Waals surface area contributed by atoms with E-state index in [1.54, 1.807) is 49.6 Å². The number of hydrazine groups is 1. The van der Waals surface area contributed by atoms with Gasteiger partial charge < -0.3 is 4.74 Å². The number of amides is 1. The van der Waals surface area contributed by atoms with Gasteiger partial charge in [-0.15, -0.1) is 11.3 Å². The highest BCUT2D eigenvalue weighted by Gasteiger charge is 2.22. The van der Waals surface area contributed by atoms with Gasteiger partial charge in [-0.2, -0.15) is 0 Å². The number of hydrogen-bond donors (Lipinski definition) is 2. The number of thiophene rings is 1. The Bertz CT molecular complexity index is 1090. The van der Waals surface area contributed by atoms with Crippen molar-refractivity contribution in [2.45, 2.75) is 39.0 Å². The number of methoxy groups -OCH3 is 1. The first-order valence-corrected chi connectivity index (χ1v) is 10.2. The van der Waals surface area contributed by atoms with Crippen LogP contribution in [0.1, 0.15) is 36.6 Å². The maximum absolute atomic E-state index is 13.5. The lowest BCUT2D eigenvalue weighted by atomic mass is 9.97. The Labute approximate surface area is 166 Å². The van der Waals surface area contributed by atoms with Crippen LogP contribution in [0.25, 0.3) is 15.9 Å². The zero-order valence-corrected chi connectivity index (χ0v) is 16.7. The first kappa shape index (κ1) is 18.5. The third kappa shape index (κ3) is 3.24. The molecule has 7 nitrogen and oxygen atoms in total. The Morgan fingerprint density at radius 3 is 2.71 bits per heavy atom. The summed E-state index contributed by atoms with van der Waals surface area (Å²) in [7, 11) is 1.60. The molecule has 8 heteroatoms. The molecule has 0 bridgehead atoms. The maximum Gasteiger partial charge on any atom is 0.268 e. The van der Waals surface area contributed by atoms with Crippen LogP contribution < -0.4 is 21.1 Å². The number of rotatable bonds is 5. The molecule has 1 aliphatic carbocycles. The second kappa shape index (κ2) is 7.63. The molecule has 0 aliphatic heterocycles. The van der Waals surface area contributed by atoms with Crippen molar-refractivity contribution >= 4 is 33.4 Å². The van der Waals surface area contributed by atoms with Crippen molar-refractivity contribution in [3.8, 4) is 11.4 Å². The highest BCUT2D eigenvalue weighted by molar-refractivity contribution is 7.18. The van der Waals surface area contributed by atoms with Crippen LogP contribution in [0.3, 0.4) is 0 Å². The Morgan fingerprint density at radius 1 is 1.25 bits per heavy atom. The van der Waals surface area contributed by atoms with E-state index in [-0.39, 0.29) is 11.5 Å². The summed E-state index contributed by atoms with van der Waals surface area (Å²) in [6, 6.07) is 7.20. The molecular weight excluding hydrogens is 376 g/mol. The normalized spacial score (nSPS) is 13.2. The summed E-state index contributed by atoms with van der Waals surface area (Å²) in [6.45, 7) is 1.76. The van der Waals surface area contributed by atoms with Gasteiger partial charge in [-0.05, 0) is 55.5 Å². The first-order valence-electron chi connectivity index (χ1n) is 9.39. The topological polar surface area (TPSA) is 85.3 Å². The number of carbonyl (C=O) groups is 1. The van der Waals surface area contributed by atoms with Crippen LogP contribution in [0.4, 0.5) is 5.95 Å². The lowest BCUT2D eigenvalue weighted by Crippen LogP contribution is -2.33. The van der Waals surface area contributed by atoms with Crippen molar-refractivity contribution in [3.05, 3.63) is 45.1 Å². The van der Waals surface area contributed by atoms with Crippen molar-refractivity contribution < 1.29 is 9.53 Å². The smallest absolute Gasteiger partial charge is 0.268 e. The second-order valence-electron chi connectivity index (χ2n) is 6.69. The SMILES string of the molecule is CCC(=O)NNc1nc2sc3c(c2c(=O)n1-c1ccc(OC)cc1)CCCC3. The van der Waals surface area contributed by atoms with E-state index in [4.69, 9.17) is 9.72 Å². The number of fused-ring (bicyclic) bond motifs is 3. The van der Waals surface area contributed by atoms with Crippen LogP contribution in [-0.2, 0) is 17.6 Å². The standard InChI is InChI=1S/C20H22N4O3S/c1-3-16(25)22-23-20-21-18-17(14-6-4-5-7-15(14)28-18)19(26)24(20)12-8-10-13(27-2)11-9-12/h8-11H,3-7H2,1-2H3,(H,21,23)(H,22,25). The molecule has 2 heterocycles. The average Bonchev–Trinajstić information content (AvgIpc) is 3.10. The summed E-state index contributed by atoms with van der Waals surface area (Å²) in [5, 5.41) is 0.697. The number of carbonyl (C=O) groups excluding carboxylic acids is 1. The zero-order chi connectivity index (χ0) is 19.7. The third-order valence-corrected chi connectivity index (χ3v) is 6.14. The molecule has 2 aromatic heterocycles. The summed E-state index contributed by atoms with van der Waals surface area (Å²) in [5.74, 6) is 0.816. The molecule has 0 atom stereocenters. The number of nitrogens with one attached hydrogen (secondary N) is 2. The Balaban J connectivity index is 1.90. The van der Waals surface area contributed by atoms with Crippen LogP contribution in [0, 0.1) is 0 Å². The molecule has 1 amide bonds. The molecule has 0 saturated carbocycles.